The van der Waals surface area contributed by atoms with Crippen molar-refractivity contribution in [1.29, 1.82) is 0 Å². The van der Waals surface area contributed by atoms with E-state index in [1.165, 1.54) is 11.3 Å². The Bertz CT molecular complexity index is 888. The first-order valence-corrected chi connectivity index (χ1v) is 13.2. The second-order valence-electron chi connectivity index (χ2n) is 8.66. The van der Waals surface area contributed by atoms with Crippen LogP contribution in [-0.4, -0.2) is 22.8 Å². The molecule has 3 N–H and O–H groups in total. The standard InChI is InChI=1S/C19H25ClN2O.C7H13NO.C2H6/c1-4-7-15-16(5-2)22-17(6-3)18(15)19(23)21-12-13-8-10-14(20)11-9-13;1-5(2)6-3-4-7(9)8-6;1-2/h8-11,22H,4-7,12H2,1-3H3,(H,21,23);5-6H,3-4H2,1-2H3,(H,8,9);1-2H3. The van der Waals surface area contributed by atoms with Crippen molar-refractivity contribution < 1.29 is 9.59 Å². The Hall–Kier alpha value is -2.27. The van der Waals surface area contributed by atoms with Crippen LogP contribution in [0.25, 0.3) is 0 Å². The lowest BCUT2D eigenvalue weighted by Gasteiger charge is -2.12. The monoisotopic (exact) mass is 489 g/mol. The Labute approximate surface area is 211 Å². The number of nitrogens with one attached hydrogen (secondary N) is 3. The van der Waals surface area contributed by atoms with Gasteiger partial charge in [-0.2, -0.15) is 0 Å². The summed E-state index contributed by atoms with van der Waals surface area (Å²) in [6, 6.07) is 8.00. The number of H-pyrrole nitrogens is 1. The fraction of sp³-hybridized carbons (Fsp3) is 0.571. The van der Waals surface area contributed by atoms with Crippen molar-refractivity contribution in [2.45, 2.75) is 99.6 Å². The maximum Gasteiger partial charge on any atom is 0.253 e. The van der Waals surface area contributed by atoms with E-state index in [1.807, 2.05) is 38.1 Å². The van der Waals surface area contributed by atoms with E-state index in [4.69, 9.17) is 11.6 Å². The lowest BCUT2D eigenvalue weighted by Crippen LogP contribution is -2.29. The second-order valence-corrected chi connectivity index (χ2v) is 9.10. The van der Waals surface area contributed by atoms with Crippen molar-refractivity contribution in [3.63, 3.8) is 0 Å². The van der Waals surface area contributed by atoms with Crippen LogP contribution < -0.4 is 10.6 Å². The number of aromatic amines is 1. The van der Waals surface area contributed by atoms with E-state index in [9.17, 15) is 9.59 Å². The maximum atomic E-state index is 12.7. The van der Waals surface area contributed by atoms with Gasteiger partial charge in [0, 0.05) is 35.4 Å². The summed E-state index contributed by atoms with van der Waals surface area (Å²) in [5.41, 5.74) is 5.31. The molecule has 5 nitrogen and oxygen atoms in total. The maximum absolute atomic E-state index is 12.7. The minimum absolute atomic E-state index is 0.0104. The van der Waals surface area contributed by atoms with Crippen molar-refractivity contribution in [3.05, 3.63) is 57.4 Å². The van der Waals surface area contributed by atoms with E-state index < -0.39 is 0 Å². The van der Waals surface area contributed by atoms with Crippen molar-refractivity contribution in [2.24, 2.45) is 5.92 Å². The van der Waals surface area contributed by atoms with Gasteiger partial charge in [-0.1, -0.05) is 78.6 Å². The van der Waals surface area contributed by atoms with E-state index in [1.54, 1.807) is 0 Å². The van der Waals surface area contributed by atoms with Crippen LogP contribution in [0.1, 0.15) is 101 Å². The van der Waals surface area contributed by atoms with Crippen molar-refractivity contribution >= 4 is 23.4 Å². The second kappa shape index (κ2) is 15.6. The molecule has 34 heavy (non-hydrogen) atoms. The molecule has 2 amide bonds. The lowest BCUT2D eigenvalue weighted by atomic mass is 10.0. The van der Waals surface area contributed by atoms with Crippen LogP contribution in [0.3, 0.4) is 0 Å². The average Bonchev–Trinajstić information content (AvgIpc) is 3.44. The van der Waals surface area contributed by atoms with Gasteiger partial charge in [0.1, 0.15) is 0 Å². The molecule has 6 heteroatoms. The lowest BCUT2D eigenvalue weighted by molar-refractivity contribution is -0.119. The zero-order valence-electron chi connectivity index (χ0n) is 22.1. The third-order valence-corrected chi connectivity index (χ3v) is 6.16. The average molecular weight is 490 g/mol. The highest BCUT2D eigenvalue weighted by atomic mass is 35.5. The first-order valence-electron chi connectivity index (χ1n) is 12.8. The summed E-state index contributed by atoms with van der Waals surface area (Å²) in [7, 11) is 0. The quantitative estimate of drug-likeness (QED) is 0.389. The summed E-state index contributed by atoms with van der Waals surface area (Å²) >= 11 is 5.89. The van der Waals surface area contributed by atoms with Crippen molar-refractivity contribution in [1.82, 2.24) is 15.6 Å². The first-order chi connectivity index (χ1) is 16.3. The zero-order valence-corrected chi connectivity index (χ0v) is 22.9. The fourth-order valence-electron chi connectivity index (χ4n) is 4.03. The summed E-state index contributed by atoms with van der Waals surface area (Å²) in [6.07, 6.45) is 5.47. The van der Waals surface area contributed by atoms with E-state index in [-0.39, 0.29) is 11.8 Å². The Morgan fingerprint density at radius 2 is 1.71 bits per heavy atom. The van der Waals surface area contributed by atoms with Crippen LogP contribution in [0.5, 0.6) is 0 Å². The molecule has 0 radical (unpaired) electrons. The van der Waals surface area contributed by atoms with Crippen LogP contribution in [0.4, 0.5) is 0 Å². The molecule has 0 bridgehead atoms. The number of hydrogen-bond donors (Lipinski definition) is 3. The largest absolute Gasteiger partial charge is 0.361 e. The zero-order chi connectivity index (χ0) is 25.7. The minimum Gasteiger partial charge on any atom is -0.361 e. The van der Waals surface area contributed by atoms with Gasteiger partial charge in [-0.05, 0) is 54.9 Å². The molecule has 1 fully saturated rings. The highest BCUT2D eigenvalue weighted by Crippen LogP contribution is 2.22. The van der Waals surface area contributed by atoms with Crippen LogP contribution in [-0.2, 0) is 30.6 Å². The number of aryl methyl sites for hydroxylation is 2. The van der Waals surface area contributed by atoms with Gasteiger partial charge in [-0.15, -0.1) is 0 Å². The van der Waals surface area contributed by atoms with Crippen LogP contribution in [0.15, 0.2) is 24.3 Å². The third kappa shape index (κ3) is 8.83. The number of amides is 2. The highest BCUT2D eigenvalue weighted by Gasteiger charge is 2.23. The number of aromatic nitrogens is 1. The molecule has 1 aliphatic rings. The molecule has 1 aromatic carbocycles. The van der Waals surface area contributed by atoms with E-state index in [0.717, 1.165) is 55.3 Å². The molecule has 3 rings (SSSR count). The van der Waals surface area contributed by atoms with Crippen LogP contribution >= 0.6 is 11.6 Å². The van der Waals surface area contributed by atoms with Gasteiger partial charge in [0.15, 0.2) is 0 Å². The first kappa shape index (κ1) is 29.8. The SMILES string of the molecule is CC.CC(C)C1CCC(=O)N1.CCCc1c(CC)[nH]c(CC)c1C(=O)NCc1ccc(Cl)cc1. The van der Waals surface area contributed by atoms with Crippen molar-refractivity contribution in [3.8, 4) is 0 Å². The number of hydrogen-bond acceptors (Lipinski definition) is 2. The van der Waals surface area contributed by atoms with Crippen LogP contribution in [0, 0.1) is 5.92 Å². The molecule has 0 spiro atoms. The molecule has 0 saturated carbocycles. The molecule has 0 aliphatic carbocycles. The van der Waals surface area contributed by atoms with Gasteiger partial charge in [0.25, 0.3) is 5.91 Å². The van der Waals surface area contributed by atoms with E-state index in [0.29, 0.717) is 23.5 Å². The Kier molecular flexibility index (Phi) is 13.7. The Morgan fingerprint density at radius 3 is 2.15 bits per heavy atom. The molecule has 2 heterocycles. The smallest absolute Gasteiger partial charge is 0.253 e. The fourth-order valence-corrected chi connectivity index (χ4v) is 4.16. The van der Waals surface area contributed by atoms with Crippen LogP contribution in [0.2, 0.25) is 5.02 Å². The number of halogens is 1. The molecule has 190 valence electrons. The van der Waals surface area contributed by atoms with Gasteiger partial charge in [0.2, 0.25) is 5.91 Å². The summed E-state index contributed by atoms with van der Waals surface area (Å²) < 4.78 is 0. The molecule has 1 atom stereocenters. The van der Waals surface area contributed by atoms with Gasteiger partial charge >= 0.3 is 0 Å². The molecule has 1 aromatic heterocycles. The highest BCUT2D eigenvalue weighted by molar-refractivity contribution is 6.30. The predicted molar refractivity (Wildman–Crippen MR) is 144 cm³/mol. The Morgan fingerprint density at radius 1 is 1.09 bits per heavy atom. The number of benzene rings is 1. The summed E-state index contributed by atoms with van der Waals surface area (Å²) in [5, 5.41) is 6.66. The number of carbonyl (C=O) groups is 2. The van der Waals surface area contributed by atoms with E-state index >= 15 is 0 Å². The molecular weight excluding hydrogens is 446 g/mol. The molecule has 1 saturated heterocycles. The number of rotatable bonds is 8. The molecule has 1 aliphatic heterocycles. The predicted octanol–water partition coefficient (Wildman–Crippen LogP) is 6.62. The van der Waals surface area contributed by atoms with Gasteiger partial charge in [-0.25, -0.2) is 0 Å². The minimum atomic E-state index is 0.0104. The summed E-state index contributed by atoms with van der Waals surface area (Å²) in [4.78, 5) is 26.8. The topological polar surface area (TPSA) is 74.0 Å². The van der Waals surface area contributed by atoms with Gasteiger partial charge in [-0.3, -0.25) is 9.59 Å². The molecule has 2 aromatic rings. The third-order valence-electron chi connectivity index (χ3n) is 5.90. The normalized spacial score (nSPS) is 14.6. The summed E-state index contributed by atoms with van der Waals surface area (Å²) in [5.74, 6) is 0.821. The van der Waals surface area contributed by atoms with Crippen molar-refractivity contribution in [2.75, 3.05) is 0 Å². The molecular formula is C28H44ClN3O2. The number of carbonyl (C=O) groups excluding carboxylic acids is 2. The Balaban J connectivity index is 0.000000437. The molecule has 1 unspecified atom stereocenters. The van der Waals surface area contributed by atoms with Gasteiger partial charge in [0.05, 0.1) is 5.56 Å². The summed E-state index contributed by atoms with van der Waals surface area (Å²) in [6.45, 7) is 15.1. The van der Waals surface area contributed by atoms with Gasteiger partial charge < -0.3 is 15.6 Å². The van der Waals surface area contributed by atoms with E-state index in [2.05, 4.69) is 50.2 Å².